The van der Waals surface area contributed by atoms with Gasteiger partial charge in [0.15, 0.2) is 0 Å². The second-order valence-corrected chi connectivity index (χ2v) is 3.78. The van der Waals surface area contributed by atoms with E-state index in [0.717, 1.165) is 16.7 Å². The van der Waals surface area contributed by atoms with Crippen LogP contribution in [0.25, 0.3) is 0 Å². The van der Waals surface area contributed by atoms with Crippen molar-refractivity contribution in [2.75, 3.05) is 13.2 Å². The largest absolute Gasteiger partial charge is 0.508 e. The third kappa shape index (κ3) is 3.51. The van der Waals surface area contributed by atoms with Gasteiger partial charge in [0.05, 0.1) is 6.67 Å². The molecular formula is C12H18FNO. The van der Waals surface area contributed by atoms with E-state index in [9.17, 15) is 9.50 Å². The summed E-state index contributed by atoms with van der Waals surface area (Å²) in [6, 6.07) is 3.73. The maximum absolute atomic E-state index is 11.8. The third-order valence-corrected chi connectivity index (χ3v) is 2.50. The van der Waals surface area contributed by atoms with E-state index in [1.807, 2.05) is 19.9 Å². The first-order valence-electron chi connectivity index (χ1n) is 5.21. The number of rotatable bonds is 5. The summed E-state index contributed by atoms with van der Waals surface area (Å²) in [4.78, 5) is 0. The van der Waals surface area contributed by atoms with E-state index in [1.165, 1.54) is 0 Å². The minimum absolute atomic E-state index is 0.300. The molecule has 0 amide bonds. The molecule has 0 saturated heterocycles. The quantitative estimate of drug-likeness (QED) is 0.733. The second-order valence-electron chi connectivity index (χ2n) is 3.78. The first-order valence-corrected chi connectivity index (χ1v) is 5.21. The van der Waals surface area contributed by atoms with Crippen molar-refractivity contribution in [2.24, 2.45) is 0 Å². The molecule has 0 aliphatic rings. The SMILES string of the molecule is Cc1cc(O)c(CNCCCF)cc1C. The number of benzene rings is 1. The van der Waals surface area contributed by atoms with Crippen molar-refractivity contribution in [1.29, 1.82) is 0 Å². The molecule has 1 rings (SSSR count). The topological polar surface area (TPSA) is 32.3 Å². The summed E-state index contributed by atoms with van der Waals surface area (Å²) in [6.45, 7) is 4.91. The molecule has 2 nitrogen and oxygen atoms in total. The van der Waals surface area contributed by atoms with E-state index in [0.29, 0.717) is 25.3 Å². The number of halogens is 1. The number of aromatic hydroxyl groups is 1. The van der Waals surface area contributed by atoms with Gasteiger partial charge in [-0.2, -0.15) is 0 Å². The van der Waals surface area contributed by atoms with Crippen molar-refractivity contribution in [3.63, 3.8) is 0 Å². The molecule has 0 unspecified atom stereocenters. The van der Waals surface area contributed by atoms with E-state index in [4.69, 9.17) is 0 Å². The molecule has 0 fully saturated rings. The molecule has 0 heterocycles. The van der Waals surface area contributed by atoms with Crippen molar-refractivity contribution in [3.8, 4) is 5.75 Å². The zero-order valence-corrected chi connectivity index (χ0v) is 9.31. The van der Waals surface area contributed by atoms with Crippen molar-refractivity contribution < 1.29 is 9.50 Å². The van der Waals surface area contributed by atoms with Crippen LogP contribution in [0.15, 0.2) is 12.1 Å². The lowest BCUT2D eigenvalue weighted by molar-refractivity contribution is 0.449. The Kier molecular flexibility index (Phi) is 4.56. The Morgan fingerprint density at radius 1 is 1.27 bits per heavy atom. The Morgan fingerprint density at radius 2 is 1.93 bits per heavy atom. The number of aryl methyl sites for hydroxylation is 2. The monoisotopic (exact) mass is 211 g/mol. The Hall–Kier alpha value is -1.09. The van der Waals surface area contributed by atoms with Gasteiger partial charge in [-0.3, -0.25) is 4.39 Å². The lowest BCUT2D eigenvalue weighted by Crippen LogP contribution is -2.15. The van der Waals surface area contributed by atoms with Crippen LogP contribution in [0.1, 0.15) is 23.1 Å². The van der Waals surface area contributed by atoms with Crippen LogP contribution in [-0.4, -0.2) is 18.3 Å². The van der Waals surface area contributed by atoms with Crippen LogP contribution < -0.4 is 5.32 Å². The predicted molar refractivity (Wildman–Crippen MR) is 59.9 cm³/mol. The fraction of sp³-hybridized carbons (Fsp3) is 0.500. The Labute approximate surface area is 90.1 Å². The van der Waals surface area contributed by atoms with Gasteiger partial charge in [0.25, 0.3) is 0 Å². The van der Waals surface area contributed by atoms with Crippen LogP contribution in [0.3, 0.4) is 0 Å². The normalized spacial score (nSPS) is 10.6. The van der Waals surface area contributed by atoms with E-state index in [2.05, 4.69) is 5.32 Å². The molecule has 0 aliphatic carbocycles. The molecule has 2 N–H and O–H groups in total. The van der Waals surface area contributed by atoms with Gasteiger partial charge in [-0.25, -0.2) is 0 Å². The Morgan fingerprint density at radius 3 is 2.60 bits per heavy atom. The molecular weight excluding hydrogens is 193 g/mol. The Bertz CT molecular complexity index is 326. The molecule has 0 spiro atoms. The maximum Gasteiger partial charge on any atom is 0.120 e. The van der Waals surface area contributed by atoms with E-state index < -0.39 is 0 Å². The Balaban J connectivity index is 2.57. The average Bonchev–Trinajstić information content (AvgIpc) is 2.20. The van der Waals surface area contributed by atoms with Gasteiger partial charge < -0.3 is 10.4 Å². The molecule has 1 aromatic rings. The summed E-state index contributed by atoms with van der Waals surface area (Å²) in [5.41, 5.74) is 3.12. The van der Waals surface area contributed by atoms with Crippen LogP contribution in [-0.2, 0) is 6.54 Å². The van der Waals surface area contributed by atoms with Crippen molar-refractivity contribution >= 4 is 0 Å². The van der Waals surface area contributed by atoms with Gasteiger partial charge in [0.1, 0.15) is 5.75 Å². The summed E-state index contributed by atoms with van der Waals surface area (Å²) >= 11 is 0. The van der Waals surface area contributed by atoms with Gasteiger partial charge in [0, 0.05) is 12.1 Å². The predicted octanol–water partition coefficient (Wildman–Crippen LogP) is 2.46. The molecule has 84 valence electrons. The smallest absolute Gasteiger partial charge is 0.120 e. The molecule has 1 aromatic carbocycles. The third-order valence-electron chi connectivity index (χ3n) is 2.50. The summed E-state index contributed by atoms with van der Waals surface area (Å²) in [5.74, 6) is 0.311. The summed E-state index contributed by atoms with van der Waals surface area (Å²) in [6.07, 6.45) is 0.519. The first kappa shape index (κ1) is 12.0. The van der Waals surface area contributed by atoms with Gasteiger partial charge in [-0.05, 0) is 44.0 Å². The number of phenolic OH excluding ortho intramolecular Hbond substituents is 1. The highest BCUT2D eigenvalue weighted by Gasteiger charge is 2.03. The molecule has 0 bridgehead atoms. The van der Waals surface area contributed by atoms with E-state index >= 15 is 0 Å². The summed E-state index contributed by atoms with van der Waals surface area (Å²) < 4.78 is 11.8. The van der Waals surface area contributed by atoms with Crippen molar-refractivity contribution in [3.05, 3.63) is 28.8 Å². The number of hydrogen-bond donors (Lipinski definition) is 2. The lowest BCUT2D eigenvalue weighted by atomic mass is 10.1. The fourth-order valence-electron chi connectivity index (χ4n) is 1.42. The number of alkyl halides is 1. The van der Waals surface area contributed by atoms with Crippen LogP contribution in [0.5, 0.6) is 5.75 Å². The van der Waals surface area contributed by atoms with Crippen LogP contribution in [0, 0.1) is 13.8 Å². The van der Waals surface area contributed by atoms with Crippen molar-refractivity contribution in [2.45, 2.75) is 26.8 Å². The zero-order chi connectivity index (χ0) is 11.3. The second kappa shape index (κ2) is 5.71. The number of phenols is 1. The average molecular weight is 211 g/mol. The number of hydrogen-bond acceptors (Lipinski definition) is 2. The van der Waals surface area contributed by atoms with Gasteiger partial charge in [-0.1, -0.05) is 6.07 Å². The number of nitrogens with one attached hydrogen (secondary N) is 1. The van der Waals surface area contributed by atoms with Crippen LogP contribution in [0.4, 0.5) is 4.39 Å². The standard InChI is InChI=1S/C12H18FNO/c1-9-6-11(8-14-5-3-4-13)12(15)7-10(9)2/h6-7,14-15H,3-5,8H2,1-2H3. The molecule has 3 heteroatoms. The van der Waals surface area contributed by atoms with Gasteiger partial charge in [0.2, 0.25) is 0 Å². The van der Waals surface area contributed by atoms with Crippen LogP contribution >= 0.6 is 0 Å². The molecule has 0 saturated carbocycles. The fourth-order valence-corrected chi connectivity index (χ4v) is 1.42. The lowest BCUT2D eigenvalue weighted by Gasteiger charge is -2.09. The van der Waals surface area contributed by atoms with Gasteiger partial charge in [-0.15, -0.1) is 0 Å². The molecule has 0 radical (unpaired) electrons. The molecule has 0 aromatic heterocycles. The maximum atomic E-state index is 11.8. The molecule has 0 aliphatic heterocycles. The molecule has 0 atom stereocenters. The minimum Gasteiger partial charge on any atom is -0.508 e. The molecule has 15 heavy (non-hydrogen) atoms. The van der Waals surface area contributed by atoms with E-state index in [-0.39, 0.29) is 6.67 Å². The van der Waals surface area contributed by atoms with Crippen molar-refractivity contribution in [1.82, 2.24) is 5.32 Å². The van der Waals surface area contributed by atoms with Gasteiger partial charge >= 0.3 is 0 Å². The first-order chi connectivity index (χ1) is 7.15. The highest BCUT2D eigenvalue weighted by Crippen LogP contribution is 2.21. The zero-order valence-electron chi connectivity index (χ0n) is 9.31. The highest BCUT2D eigenvalue weighted by molar-refractivity contribution is 5.40. The minimum atomic E-state index is -0.300. The van der Waals surface area contributed by atoms with E-state index in [1.54, 1.807) is 6.07 Å². The summed E-state index contributed by atoms with van der Waals surface area (Å²) in [5, 5.41) is 12.7. The van der Waals surface area contributed by atoms with Crippen LogP contribution in [0.2, 0.25) is 0 Å². The highest BCUT2D eigenvalue weighted by atomic mass is 19.1. The summed E-state index contributed by atoms with van der Waals surface area (Å²) in [7, 11) is 0.